The number of benzene rings is 1. The number of nitrogens with zero attached hydrogens (tertiary/aromatic N) is 1. The van der Waals surface area contributed by atoms with Gasteiger partial charge in [0, 0.05) is 5.75 Å². The number of H-pyrrole nitrogens is 1. The van der Waals surface area contributed by atoms with Crippen LogP contribution in [-0.4, -0.2) is 34.5 Å². The molecule has 0 saturated carbocycles. The summed E-state index contributed by atoms with van der Waals surface area (Å²) >= 11 is 1.50. The van der Waals surface area contributed by atoms with Crippen LogP contribution in [0.2, 0.25) is 0 Å². The molecule has 4 nitrogen and oxygen atoms in total. The van der Waals surface area contributed by atoms with E-state index in [2.05, 4.69) is 9.97 Å². The number of aromatic amines is 1. The van der Waals surface area contributed by atoms with E-state index in [1.165, 1.54) is 11.8 Å². The predicted octanol–water partition coefficient (Wildman–Crippen LogP) is 2.17. The molecule has 0 unspecified atom stereocenters. The Morgan fingerprint density at radius 1 is 1.35 bits per heavy atom. The first-order chi connectivity index (χ1) is 8.33. The Morgan fingerprint density at radius 3 is 2.76 bits per heavy atom. The summed E-state index contributed by atoms with van der Waals surface area (Å²) in [5.41, 5.74) is 2.03. The van der Waals surface area contributed by atoms with E-state index in [-0.39, 0.29) is 6.61 Å². The quantitative estimate of drug-likeness (QED) is 0.798. The highest BCUT2D eigenvalue weighted by Gasteiger charge is 2.03. The second kappa shape index (κ2) is 5.75. The molecular weight excluding hydrogens is 236 g/mol. The molecule has 2 aromatic rings. The minimum absolute atomic E-state index is 0.156. The number of hydrogen-bond donors (Lipinski definition) is 2. The van der Waals surface area contributed by atoms with Crippen LogP contribution in [0.15, 0.2) is 35.6 Å². The third-order valence-corrected chi connectivity index (χ3v) is 3.15. The van der Waals surface area contributed by atoms with Crippen LogP contribution in [0.3, 0.4) is 0 Å². The van der Waals surface area contributed by atoms with Crippen LogP contribution < -0.4 is 4.74 Å². The lowest BCUT2D eigenvalue weighted by Crippen LogP contribution is -1.86. The van der Waals surface area contributed by atoms with Crippen molar-refractivity contribution in [3.05, 3.63) is 30.5 Å². The van der Waals surface area contributed by atoms with Crippen molar-refractivity contribution >= 4 is 11.8 Å². The lowest BCUT2D eigenvalue weighted by atomic mass is 10.2. The normalized spacial score (nSPS) is 10.5. The van der Waals surface area contributed by atoms with Gasteiger partial charge in [-0.2, -0.15) is 0 Å². The Labute approximate surface area is 104 Å². The maximum absolute atomic E-state index is 8.73. The summed E-state index contributed by atoms with van der Waals surface area (Å²) in [6, 6.07) is 7.78. The van der Waals surface area contributed by atoms with Crippen molar-refractivity contribution in [3.63, 3.8) is 0 Å². The first-order valence-corrected chi connectivity index (χ1v) is 6.25. The van der Waals surface area contributed by atoms with Gasteiger partial charge < -0.3 is 14.8 Å². The molecule has 90 valence electrons. The van der Waals surface area contributed by atoms with Crippen molar-refractivity contribution in [3.8, 4) is 17.0 Å². The van der Waals surface area contributed by atoms with Crippen LogP contribution in [0, 0.1) is 0 Å². The van der Waals surface area contributed by atoms with Gasteiger partial charge in [-0.1, -0.05) is 11.8 Å². The fraction of sp³-hybridized carbons (Fsp3) is 0.250. The molecular formula is C12H14N2O2S. The molecule has 0 saturated heterocycles. The Hall–Kier alpha value is -1.46. The zero-order valence-electron chi connectivity index (χ0n) is 9.51. The fourth-order valence-corrected chi connectivity index (χ4v) is 2.03. The number of methoxy groups -OCH3 is 1. The lowest BCUT2D eigenvalue weighted by molar-refractivity contribution is 0.322. The standard InChI is InChI=1S/C12H14N2O2S/c1-16-10-4-2-9(3-5-10)11-8-13-12(14-11)17-7-6-15/h2-5,8,15H,6-7H2,1H3,(H,13,14). The molecule has 1 heterocycles. The second-order valence-corrected chi connectivity index (χ2v) is 4.49. The Balaban J connectivity index is 2.12. The topological polar surface area (TPSA) is 58.1 Å². The predicted molar refractivity (Wildman–Crippen MR) is 68.4 cm³/mol. The molecule has 0 aliphatic heterocycles. The minimum atomic E-state index is 0.156. The molecule has 0 radical (unpaired) electrons. The van der Waals surface area contributed by atoms with Gasteiger partial charge in [-0.3, -0.25) is 0 Å². The number of hydrogen-bond acceptors (Lipinski definition) is 4. The number of thioether (sulfide) groups is 1. The van der Waals surface area contributed by atoms with E-state index in [1.807, 2.05) is 24.3 Å². The number of ether oxygens (including phenoxy) is 1. The summed E-state index contributed by atoms with van der Waals surface area (Å²) in [7, 11) is 1.65. The average Bonchev–Trinajstić information content (AvgIpc) is 2.85. The Kier molecular flexibility index (Phi) is 4.06. The summed E-state index contributed by atoms with van der Waals surface area (Å²) in [5, 5.41) is 9.56. The maximum atomic E-state index is 8.73. The number of aromatic nitrogens is 2. The summed E-state index contributed by atoms with van der Waals surface area (Å²) < 4.78 is 5.11. The van der Waals surface area contributed by atoms with Gasteiger partial charge >= 0.3 is 0 Å². The fourth-order valence-electron chi connectivity index (χ4n) is 1.44. The van der Waals surface area contributed by atoms with Crippen molar-refractivity contribution in [2.45, 2.75) is 5.16 Å². The van der Waals surface area contributed by atoms with Gasteiger partial charge in [-0.15, -0.1) is 0 Å². The zero-order valence-corrected chi connectivity index (χ0v) is 10.3. The van der Waals surface area contributed by atoms with E-state index < -0.39 is 0 Å². The molecule has 0 aliphatic carbocycles. The Morgan fingerprint density at radius 2 is 2.12 bits per heavy atom. The number of imidazole rings is 1. The molecule has 0 aliphatic rings. The van der Waals surface area contributed by atoms with Gasteiger partial charge in [0.1, 0.15) is 5.75 Å². The summed E-state index contributed by atoms with van der Waals surface area (Å²) in [5.74, 6) is 1.48. The lowest BCUT2D eigenvalue weighted by Gasteiger charge is -2.00. The molecule has 0 amide bonds. The van der Waals surface area contributed by atoms with Crippen LogP contribution >= 0.6 is 11.8 Å². The van der Waals surface area contributed by atoms with Crippen LogP contribution in [-0.2, 0) is 0 Å². The SMILES string of the molecule is COc1ccc(-c2cnc(SCCO)[nH]2)cc1. The van der Waals surface area contributed by atoms with Crippen LogP contribution in [0.1, 0.15) is 0 Å². The first kappa shape index (κ1) is 12.0. The van der Waals surface area contributed by atoms with Gasteiger partial charge in [-0.05, 0) is 29.8 Å². The number of rotatable bonds is 5. The van der Waals surface area contributed by atoms with Crippen LogP contribution in [0.5, 0.6) is 5.75 Å². The Bertz CT molecular complexity index is 468. The van der Waals surface area contributed by atoms with E-state index in [9.17, 15) is 0 Å². The highest BCUT2D eigenvalue weighted by Crippen LogP contribution is 2.23. The van der Waals surface area contributed by atoms with E-state index in [0.717, 1.165) is 22.2 Å². The maximum Gasteiger partial charge on any atom is 0.165 e. The largest absolute Gasteiger partial charge is 0.497 e. The summed E-state index contributed by atoms with van der Waals surface area (Å²) in [6.45, 7) is 0.156. The molecule has 0 spiro atoms. The second-order valence-electron chi connectivity index (χ2n) is 3.40. The highest BCUT2D eigenvalue weighted by molar-refractivity contribution is 7.99. The van der Waals surface area contributed by atoms with Crippen molar-refractivity contribution in [2.75, 3.05) is 19.5 Å². The third kappa shape index (κ3) is 3.01. The molecule has 2 rings (SSSR count). The van der Waals surface area contributed by atoms with Gasteiger partial charge in [0.2, 0.25) is 0 Å². The molecule has 17 heavy (non-hydrogen) atoms. The smallest absolute Gasteiger partial charge is 0.165 e. The van der Waals surface area contributed by atoms with E-state index >= 15 is 0 Å². The average molecular weight is 250 g/mol. The van der Waals surface area contributed by atoms with E-state index in [0.29, 0.717) is 5.75 Å². The van der Waals surface area contributed by atoms with Crippen molar-refractivity contribution in [1.82, 2.24) is 9.97 Å². The monoisotopic (exact) mass is 250 g/mol. The molecule has 0 atom stereocenters. The van der Waals surface area contributed by atoms with E-state index in [1.54, 1.807) is 13.3 Å². The van der Waals surface area contributed by atoms with Gasteiger partial charge in [0.25, 0.3) is 0 Å². The molecule has 2 N–H and O–H groups in total. The first-order valence-electron chi connectivity index (χ1n) is 5.26. The number of aliphatic hydroxyl groups excluding tert-OH is 1. The number of nitrogens with one attached hydrogen (secondary N) is 1. The minimum Gasteiger partial charge on any atom is -0.497 e. The molecule has 0 bridgehead atoms. The third-order valence-electron chi connectivity index (χ3n) is 2.28. The van der Waals surface area contributed by atoms with Crippen molar-refractivity contribution in [1.29, 1.82) is 0 Å². The summed E-state index contributed by atoms with van der Waals surface area (Å²) in [6.07, 6.45) is 1.79. The molecule has 1 aromatic heterocycles. The molecule has 5 heteroatoms. The zero-order chi connectivity index (χ0) is 12.1. The van der Waals surface area contributed by atoms with E-state index in [4.69, 9.17) is 9.84 Å². The van der Waals surface area contributed by atoms with Gasteiger partial charge in [0.15, 0.2) is 5.16 Å². The van der Waals surface area contributed by atoms with Gasteiger partial charge in [0.05, 0.1) is 25.6 Å². The highest BCUT2D eigenvalue weighted by atomic mass is 32.2. The van der Waals surface area contributed by atoms with Crippen molar-refractivity contribution in [2.24, 2.45) is 0 Å². The van der Waals surface area contributed by atoms with Crippen LogP contribution in [0.4, 0.5) is 0 Å². The van der Waals surface area contributed by atoms with Crippen LogP contribution in [0.25, 0.3) is 11.3 Å². The molecule has 1 aromatic carbocycles. The van der Waals surface area contributed by atoms with Crippen molar-refractivity contribution < 1.29 is 9.84 Å². The van der Waals surface area contributed by atoms with Gasteiger partial charge in [-0.25, -0.2) is 4.98 Å². The number of aliphatic hydroxyl groups is 1. The molecule has 0 fully saturated rings. The summed E-state index contributed by atoms with van der Waals surface area (Å²) in [4.78, 5) is 7.44.